The highest BCUT2D eigenvalue weighted by Gasteiger charge is 2.28. The lowest BCUT2D eigenvalue weighted by Gasteiger charge is -2.36. The van der Waals surface area contributed by atoms with Crippen LogP contribution in [0.15, 0.2) is 59.4 Å². The standard InChI is InChI=1S/C24H27N5O2/c30-22(18-27-15-13-26(14-16-27)17-19-7-2-1-3-8-19)28-11-6-12-29-23(31)20-9-4-5-10-21(20)25-24(28)29/h1-5,7-10H,6,11-18H2. The van der Waals surface area contributed by atoms with Crippen LogP contribution in [0.2, 0.25) is 0 Å². The molecule has 0 aliphatic carbocycles. The van der Waals surface area contributed by atoms with Gasteiger partial charge in [-0.25, -0.2) is 4.98 Å². The number of amides is 1. The van der Waals surface area contributed by atoms with Gasteiger partial charge in [-0.1, -0.05) is 42.5 Å². The molecule has 1 aromatic heterocycles. The second-order valence-electron chi connectivity index (χ2n) is 8.32. The van der Waals surface area contributed by atoms with Crippen molar-refractivity contribution in [2.45, 2.75) is 19.5 Å². The summed E-state index contributed by atoms with van der Waals surface area (Å²) < 4.78 is 1.65. The van der Waals surface area contributed by atoms with Crippen molar-refractivity contribution in [2.75, 3.05) is 44.2 Å². The van der Waals surface area contributed by atoms with Crippen LogP contribution in [0.1, 0.15) is 12.0 Å². The van der Waals surface area contributed by atoms with Gasteiger partial charge >= 0.3 is 0 Å². The summed E-state index contributed by atoms with van der Waals surface area (Å²) in [4.78, 5) is 37.1. The van der Waals surface area contributed by atoms with Crippen LogP contribution in [-0.4, -0.2) is 64.5 Å². The third kappa shape index (κ3) is 4.11. The van der Waals surface area contributed by atoms with Crippen LogP contribution in [0, 0.1) is 0 Å². The Morgan fingerprint density at radius 2 is 1.55 bits per heavy atom. The van der Waals surface area contributed by atoms with Gasteiger partial charge in [-0.2, -0.15) is 0 Å². The third-order valence-corrected chi connectivity index (χ3v) is 6.22. The first-order chi connectivity index (χ1) is 15.2. The number of carbonyl (C=O) groups is 1. The van der Waals surface area contributed by atoms with E-state index in [-0.39, 0.29) is 11.5 Å². The Morgan fingerprint density at radius 1 is 0.839 bits per heavy atom. The lowest BCUT2D eigenvalue weighted by Crippen LogP contribution is -2.51. The van der Waals surface area contributed by atoms with Gasteiger partial charge in [-0.15, -0.1) is 0 Å². The van der Waals surface area contributed by atoms with Gasteiger partial charge in [0, 0.05) is 45.8 Å². The van der Waals surface area contributed by atoms with Crippen LogP contribution >= 0.6 is 0 Å². The molecule has 160 valence electrons. The highest BCUT2D eigenvalue weighted by atomic mass is 16.2. The minimum absolute atomic E-state index is 0.0205. The van der Waals surface area contributed by atoms with E-state index >= 15 is 0 Å². The van der Waals surface area contributed by atoms with Crippen LogP contribution in [0.5, 0.6) is 0 Å². The third-order valence-electron chi connectivity index (χ3n) is 6.22. The number of anilines is 1. The molecule has 7 heteroatoms. The van der Waals surface area contributed by atoms with E-state index in [0.717, 1.165) is 39.1 Å². The summed E-state index contributed by atoms with van der Waals surface area (Å²) >= 11 is 0. The molecule has 0 N–H and O–H groups in total. The summed E-state index contributed by atoms with van der Waals surface area (Å²) in [5, 5.41) is 0.607. The van der Waals surface area contributed by atoms with Crippen molar-refractivity contribution < 1.29 is 4.79 Å². The smallest absolute Gasteiger partial charge is 0.262 e. The Hall–Kier alpha value is -3.03. The van der Waals surface area contributed by atoms with Crippen molar-refractivity contribution in [3.05, 3.63) is 70.5 Å². The molecule has 3 heterocycles. The Bertz CT molecular complexity index is 1140. The maximum Gasteiger partial charge on any atom is 0.262 e. The van der Waals surface area contributed by atoms with E-state index in [1.54, 1.807) is 15.5 Å². The Balaban J connectivity index is 1.26. The molecule has 0 bridgehead atoms. The minimum atomic E-state index is -0.0624. The first-order valence-corrected chi connectivity index (χ1v) is 11.0. The summed E-state index contributed by atoms with van der Waals surface area (Å²) in [6.07, 6.45) is 0.767. The molecule has 0 saturated carbocycles. The van der Waals surface area contributed by atoms with E-state index < -0.39 is 0 Å². The maximum atomic E-state index is 13.2. The minimum Gasteiger partial charge on any atom is -0.297 e. The fraction of sp³-hybridized carbons (Fsp3) is 0.375. The molecule has 0 spiro atoms. The Labute approximate surface area is 181 Å². The van der Waals surface area contributed by atoms with Crippen molar-refractivity contribution in [1.29, 1.82) is 0 Å². The average Bonchev–Trinajstić information content (AvgIpc) is 2.81. The van der Waals surface area contributed by atoms with E-state index in [4.69, 9.17) is 0 Å². The number of rotatable bonds is 4. The molecule has 2 aliphatic heterocycles. The zero-order valence-electron chi connectivity index (χ0n) is 17.6. The number of hydrogen-bond donors (Lipinski definition) is 0. The summed E-state index contributed by atoms with van der Waals surface area (Å²) in [5.74, 6) is 0.509. The van der Waals surface area contributed by atoms with Crippen LogP contribution in [0.25, 0.3) is 10.9 Å². The number of carbonyl (C=O) groups excluding carboxylic acids is 1. The Morgan fingerprint density at radius 3 is 2.35 bits per heavy atom. The van der Waals surface area contributed by atoms with Crippen LogP contribution in [0.3, 0.4) is 0 Å². The average molecular weight is 418 g/mol. The maximum absolute atomic E-state index is 13.2. The van der Waals surface area contributed by atoms with Crippen LogP contribution < -0.4 is 10.5 Å². The molecule has 1 saturated heterocycles. The van der Waals surface area contributed by atoms with Crippen LogP contribution in [0.4, 0.5) is 5.95 Å². The molecule has 3 aromatic rings. The monoisotopic (exact) mass is 417 g/mol. The van der Waals surface area contributed by atoms with Crippen molar-refractivity contribution in [1.82, 2.24) is 19.4 Å². The van der Waals surface area contributed by atoms with Gasteiger partial charge in [0.15, 0.2) is 0 Å². The van der Waals surface area contributed by atoms with E-state index in [0.29, 0.717) is 36.5 Å². The molecule has 0 radical (unpaired) electrons. The molecule has 1 amide bonds. The predicted molar refractivity (Wildman–Crippen MR) is 121 cm³/mol. The topological polar surface area (TPSA) is 61.7 Å². The highest BCUT2D eigenvalue weighted by molar-refractivity contribution is 5.94. The van der Waals surface area contributed by atoms with Gasteiger partial charge in [0.1, 0.15) is 0 Å². The van der Waals surface area contributed by atoms with Gasteiger partial charge in [0.25, 0.3) is 5.56 Å². The first-order valence-electron chi connectivity index (χ1n) is 11.0. The summed E-state index contributed by atoms with van der Waals surface area (Å²) in [6, 6.07) is 17.8. The van der Waals surface area contributed by atoms with Crippen molar-refractivity contribution in [2.24, 2.45) is 0 Å². The van der Waals surface area contributed by atoms with Gasteiger partial charge in [-0.3, -0.25) is 28.9 Å². The lowest BCUT2D eigenvalue weighted by atomic mass is 10.2. The van der Waals surface area contributed by atoms with E-state index in [1.165, 1.54) is 5.56 Å². The quantitative estimate of drug-likeness (QED) is 0.649. The predicted octanol–water partition coefficient (Wildman–Crippen LogP) is 1.95. The number of hydrogen-bond acceptors (Lipinski definition) is 5. The molecule has 2 aromatic carbocycles. The molecule has 7 nitrogen and oxygen atoms in total. The van der Waals surface area contributed by atoms with Crippen molar-refractivity contribution in [3.8, 4) is 0 Å². The number of aromatic nitrogens is 2. The molecule has 2 aliphatic rings. The summed E-state index contributed by atoms with van der Waals surface area (Å²) in [5.41, 5.74) is 1.90. The van der Waals surface area contributed by atoms with Crippen molar-refractivity contribution >= 4 is 22.8 Å². The normalized spacial score (nSPS) is 17.6. The molecule has 0 unspecified atom stereocenters. The van der Waals surface area contributed by atoms with E-state index in [1.807, 2.05) is 24.3 Å². The van der Waals surface area contributed by atoms with E-state index in [2.05, 4.69) is 39.0 Å². The van der Waals surface area contributed by atoms with Gasteiger partial charge < -0.3 is 0 Å². The van der Waals surface area contributed by atoms with Gasteiger partial charge in [0.05, 0.1) is 17.4 Å². The summed E-state index contributed by atoms with van der Waals surface area (Å²) in [7, 11) is 0. The summed E-state index contributed by atoms with van der Waals surface area (Å²) in [6.45, 7) is 6.15. The highest BCUT2D eigenvalue weighted by Crippen LogP contribution is 2.20. The van der Waals surface area contributed by atoms with Gasteiger partial charge in [0.2, 0.25) is 11.9 Å². The Kier molecular flexibility index (Phi) is 5.53. The molecular formula is C24H27N5O2. The number of nitrogens with zero attached hydrogens (tertiary/aromatic N) is 5. The number of benzene rings is 2. The zero-order valence-corrected chi connectivity index (χ0v) is 17.6. The lowest BCUT2D eigenvalue weighted by molar-refractivity contribution is -0.120. The molecular weight excluding hydrogens is 390 g/mol. The molecule has 0 atom stereocenters. The largest absolute Gasteiger partial charge is 0.297 e. The second-order valence-corrected chi connectivity index (χ2v) is 8.32. The second kappa shape index (κ2) is 8.61. The van der Waals surface area contributed by atoms with Gasteiger partial charge in [-0.05, 0) is 24.1 Å². The number of fused-ring (bicyclic) bond motifs is 2. The molecule has 5 rings (SSSR count). The first kappa shape index (κ1) is 19.9. The zero-order chi connectivity index (χ0) is 21.2. The molecule has 1 fully saturated rings. The number of piperazine rings is 1. The SMILES string of the molecule is O=C(CN1CCN(Cc2ccccc2)CC1)N1CCCn2c1nc1ccccc1c2=O. The van der Waals surface area contributed by atoms with E-state index in [9.17, 15) is 9.59 Å². The fourth-order valence-corrected chi connectivity index (χ4v) is 4.51. The fourth-order valence-electron chi connectivity index (χ4n) is 4.51. The number of para-hydroxylation sites is 1. The van der Waals surface area contributed by atoms with Crippen LogP contribution in [-0.2, 0) is 17.9 Å². The molecule has 31 heavy (non-hydrogen) atoms. The van der Waals surface area contributed by atoms with Crippen molar-refractivity contribution in [3.63, 3.8) is 0 Å².